The van der Waals surface area contributed by atoms with Crippen LogP contribution in [-0.4, -0.2) is 35.5 Å². The second kappa shape index (κ2) is 13.6. The summed E-state index contributed by atoms with van der Waals surface area (Å²) in [4.78, 5) is 47.0. The highest BCUT2D eigenvalue weighted by atomic mass is 127. The minimum atomic E-state index is -1.14. The summed E-state index contributed by atoms with van der Waals surface area (Å²) in [5.74, 6) is -1.91. The number of hydrogen-bond acceptors (Lipinski definition) is 5. The lowest BCUT2D eigenvalue weighted by molar-refractivity contribution is -0.143. The van der Waals surface area contributed by atoms with E-state index in [9.17, 15) is 24.3 Å². The number of aromatic carboxylic acids is 1. The maximum atomic E-state index is 12.4. The first-order valence-corrected chi connectivity index (χ1v) is 12.5. The molecule has 1 aromatic carbocycles. The average molecular weight is 756 g/mol. The van der Waals surface area contributed by atoms with Crippen molar-refractivity contribution in [2.45, 2.75) is 52.4 Å². The van der Waals surface area contributed by atoms with E-state index in [2.05, 4.69) is 10.6 Å². The fraction of sp³-hybridized carbons (Fsp3) is 0.474. The molecule has 0 saturated carbocycles. The maximum absolute atomic E-state index is 12.4. The van der Waals surface area contributed by atoms with Gasteiger partial charge in [-0.1, -0.05) is 12.8 Å². The predicted octanol–water partition coefficient (Wildman–Crippen LogP) is 5.00. The summed E-state index contributed by atoms with van der Waals surface area (Å²) in [5.41, 5.74) is 0.787. The zero-order valence-electron chi connectivity index (χ0n) is 16.6. The van der Waals surface area contributed by atoms with Crippen LogP contribution in [0.2, 0.25) is 0 Å². The molecule has 0 unspecified atom stereocenters. The molecular weight excluding hydrogens is 733 g/mol. The first kappa shape index (κ1) is 27.3. The first-order chi connectivity index (χ1) is 14.1. The molecule has 0 aliphatic heterocycles. The minimum Gasteiger partial charge on any atom is -0.478 e. The molecule has 0 aromatic heterocycles. The van der Waals surface area contributed by atoms with Crippen LogP contribution in [-0.2, 0) is 19.1 Å². The van der Waals surface area contributed by atoms with E-state index in [1.54, 1.807) is 6.92 Å². The number of benzene rings is 1. The van der Waals surface area contributed by atoms with Crippen LogP contribution in [0.4, 0.5) is 11.4 Å². The highest BCUT2D eigenvalue weighted by molar-refractivity contribution is 14.1. The standard InChI is InChI=1S/C19H23I3N2O6/c1-3-30-12(27)9-7-5-4-6-8-11(26)24-18-15(21)13(19(28)29)14(20)17(16(18)22)23-10(2)25/h3-9H2,1-2H3,(H,23,25)(H,24,26)(H,28,29). The monoisotopic (exact) mass is 756 g/mol. The topological polar surface area (TPSA) is 122 Å². The molecule has 0 atom stereocenters. The Morgan fingerprint density at radius 1 is 0.867 bits per heavy atom. The molecule has 0 saturated heterocycles. The number of rotatable bonds is 11. The van der Waals surface area contributed by atoms with Gasteiger partial charge in [0, 0.05) is 19.8 Å². The number of unbranched alkanes of at least 4 members (excludes halogenated alkanes) is 3. The van der Waals surface area contributed by atoms with E-state index in [0.717, 1.165) is 19.3 Å². The predicted molar refractivity (Wildman–Crippen MR) is 139 cm³/mol. The maximum Gasteiger partial charge on any atom is 0.338 e. The Bertz CT molecular complexity index is 829. The second-order valence-electron chi connectivity index (χ2n) is 6.32. The van der Waals surface area contributed by atoms with Crippen LogP contribution in [0.3, 0.4) is 0 Å². The van der Waals surface area contributed by atoms with Gasteiger partial charge >= 0.3 is 11.9 Å². The van der Waals surface area contributed by atoms with Crippen molar-refractivity contribution in [3.8, 4) is 0 Å². The third-order valence-corrected chi connectivity index (χ3v) is 7.17. The van der Waals surface area contributed by atoms with Gasteiger partial charge in [-0.15, -0.1) is 0 Å². The van der Waals surface area contributed by atoms with Crippen molar-refractivity contribution in [1.82, 2.24) is 0 Å². The number of carbonyl (C=O) groups excluding carboxylic acids is 3. The molecule has 30 heavy (non-hydrogen) atoms. The second-order valence-corrected chi connectivity index (χ2v) is 9.56. The lowest BCUT2D eigenvalue weighted by atomic mass is 10.1. The van der Waals surface area contributed by atoms with Gasteiger partial charge in [0.1, 0.15) is 0 Å². The SMILES string of the molecule is CCOC(=O)CCCCCCC(=O)Nc1c(I)c(NC(C)=O)c(I)c(C(=O)O)c1I. The number of esters is 1. The van der Waals surface area contributed by atoms with E-state index < -0.39 is 5.97 Å². The van der Waals surface area contributed by atoms with Gasteiger partial charge in [-0.05, 0) is 87.5 Å². The summed E-state index contributed by atoms with van der Waals surface area (Å²) in [6, 6.07) is 0. The molecular formula is C19H23I3N2O6. The third kappa shape index (κ3) is 8.43. The molecule has 0 aliphatic rings. The van der Waals surface area contributed by atoms with Crippen molar-refractivity contribution in [3.05, 3.63) is 16.3 Å². The van der Waals surface area contributed by atoms with Crippen LogP contribution in [0.5, 0.6) is 0 Å². The molecule has 0 aliphatic carbocycles. The number of carboxylic acids is 1. The van der Waals surface area contributed by atoms with Gasteiger partial charge < -0.3 is 20.5 Å². The lowest BCUT2D eigenvalue weighted by Gasteiger charge is -2.18. The molecule has 1 aromatic rings. The number of nitrogens with one attached hydrogen (secondary N) is 2. The molecule has 3 N–H and O–H groups in total. The van der Waals surface area contributed by atoms with Gasteiger partial charge in [0.2, 0.25) is 11.8 Å². The average Bonchev–Trinajstić information content (AvgIpc) is 2.65. The Kier molecular flexibility index (Phi) is 12.4. The van der Waals surface area contributed by atoms with E-state index in [4.69, 9.17) is 4.74 Å². The number of halogens is 3. The van der Waals surface area contributed by atoms with Crippen molar-refractivity contribution in [3.63, 3.8) is 0 Å². The fourth-order valence-electron chi connectivity index (χ4n) is 2.59. The molecule has 2 amide bonds. The summed E-state index contributed by atoms with van der Waals surface area (Å²) in [5, 5.41) is 15.0. The number of ether oxygens (including phenoxy) is 1. The van der Waals surface area contributed by atoms with Crippen molar-refractivity contribution >= 4 is 103 Å². The summed E-state index contributed by atoms with van der Waals surface area (Å²) < 4.78 is 6.26. The molecule has 8 nitrogen and oxygen atoms in total. The van der Waals surface area contributed by atoms with Gasteiger partial charge in [0.05, 0.1) is 34.3 Å². The Morgan fingerprint density at radius 2 is 1.40 bits per heavy atom. The minimum absolute atomic E-state index is 0.0367. The molecule has 1 rings (SSSR count). The quantitative estimate of drug-likeness (QED) is 0.166. The van der Waals surface area contributed by atoms with Crippen LogP contribution >= 0.6 is 67.8 Å². The van der Waals surface area contributed by atoms with Crippen LogP contribution in [0.1, 0.15) is 62.7 Å². The van der Waals surface area contributed by atoms with Gasteiger partial charge in [-0.3, -0.25) is 14.4 Å². The van der Waals surface area contributed by atoms with E-state index in [1.165, 1.54) is 6.92 Å². The fourth-order valence-corrected chi connectivity index (χ4v) is 6.76. The Balaban J connectivity index is 2.78. The van der Waals surface area contributed by atoms with Crippen LogP contribution < -0.4 is 10.6 Å². The lowest BCUT2D eigenvalue weighted by Crippen LogP contribution is -2.19. The highest BCUT2D eigenvalue weighted by Gasteiger charge is 2.25. The highest BCUT2D eigenvalue weighted by Crippen LogP contribution is 2.39. The zero-order valence-corrected chi connectivity index (χ0v) is 23.0. The number of anilines is 2. The molecule has 0 fully saturated rings. The number of carboxylic acid groups (broad SMARTS) is 1. The van der Waals surface area contributed by atoms with Crippen molar-refractivity contribution in [2.24, 2.45) is 0 Å². The molecule has 0 radical (unpaired) electrons. The molecule has 166 valence electrons. The number of amides is 2. The summed E-state index contributed by atoms with van der Waals surface area (Å²) in [6.07, 6.45) is 3.64. The Labute approximate surface area is 216 Å². The van der Waals surface area contributed by atoms with E-state index in [0.29, 0.717) is 41.5 Å². The third-order valence-electron chi connectivity index (χ3n) is 3.94. The number of hydrogen-bond donors (Lipinski definition) is 3. The van der Waals surface area contributed by atoms with Crippen molar-refractivity contribution in [2.75, 3.05) is 17.2 Å². The first-order valence-electron chi connectivity index (χ1n) is 9.26. The largest absolute Gasteiger partial charge is 0.478 e. The van der Waals surface area contributed by atoms with Crippen molar-refractivity contribution < 1.29 is 29.0 Å². The van der Waals surface area contributed by atoms with Crippen LogP contribution in [0.25, 0.3) is 0 Å². The zero-order chi connectivity index (χ0) is 22.8. The number of carbonyl (C=O) groups is 4. The van der Waals surface area contributed by atoms with E-state index in [1.807, 2.05) is 67.8 Å². The van der Waals surface area contributed by atoms with Gasteiger partial charge in [-0.2, -0.15) is 0 Å². The van der Waals surface area contributed by atoms with Crippen LogP contribution in [0.15, 0.2) is 0 Å². The summed E-state index contributed by atoms with van der Waals surface area (Å²) in [6.45, 7) is 3.48. The van der Waals surface area contributed by atoms with Crippen molar-refractivity contribution in [1.29, 1.82) is 0 Å². The van der Waals surface area contributed by atoms with Gasteiger partial charge in [0.15, 0.2) is 0 Å². The van der Waals surface area contributed by atoms with Gasteiger partial charge in [0.25, 0.3) is 0 Å². The molecule has 11 heteroatoms. The summed E-state index contributed by atoms with van der Waals surface area (Å²) >= 11 is 5.78. The normalized spacial score (nSPS) is 10.4. The Morgan fingerprint density at radius 3 is 1.90 bits per heavy atom. The Hall–Kier alpha value is -0.710. The molecule has 0 bridgehead atoms. The smallest absolute Gasteiger partial charge is 0.338 e. The van der Waals surface area contributed by atoms with Gasteiger partial charge in [-0.25, -0.2) is 4.79 Å². The molecule has 0 heterocycles. The van der Waals surface area contributed by atoms with Crippen LogP contribution in [0, 0.1) is 10.7 Å². The van der Waals surface area contributed by atoms with E-state index in [-0.39, 0.29) is 29.8 Å². The molecule has 0 spiro atoms. The van der Waals surface area contributed by atoms with E-state index >= 15 is 0 Å². The summed E-state index contributed by atoms with van der Waals surface area (Å²) in [7, 11) is 0.